The van der Waals surface area contributed by atoms with E-state index in [0.717, 1.165) is 16.2 Å². The van der Waals surface area contributed by atoms with Gasteiger partial charge in [-0.3, -0.25) is 0 Å². The van der Waals surface area contributed by atoms with E-state index >= 15 is 0 Å². The van der Waals surface area contributed by atoms with E-state index in [9.17, 15) is 4.79 Å². The van der Waals surface area contributed by atoms with Crippen LogP contribution < -0.4 is 5.73 Å². The van der Waals surface area contributed by atoms with Crippen LogP contribution in [0.1, 0.15) is 34.8 Å². The van der Waals surface area contributed by atoms with Gasteiger partial charge in [-0.05, 0) is 30.4 Å². The van der Waals surface area contributed by atoms with Gasteiger partial charge in [-0.15, -0.1) is 23.1 Å². The number of esters is 1. The normalized spacial score (nSPS) is 10.6. The van der Waals surface area contributed by atoms with Crippen LogP contribution in [0, 0.1) is 0 Å². The SMILES string of the molecule is CCOC(=O)c1nc(N)sc1Cc1ccc(SCC)cc1. The summed E-state index contributed by atoms with van der Waals surface area (Å²) in [6.07, 6.45) is 0.639. The fourth-order valence-corrected chi connectivity index (χ4v) is 3.42. The first kappa shape index (κ1) is 15.9. The topological polar surface area (TPSA) is 65.2 Å². The Morgan fingerprint density at radius 2 is 2.05 bits per heavy atom. The van der Waals surface area contributed by atoms with E-state index in [4.69, 9.17) is 10.5 Å². The summed E-state index contributed by atoms with van der Waals surface area (Å²) in [6.45, 7) is 4.24. The highest BCUT2D eigenvalue weighted by atomic mass is 32.2. The molecule has 0 radical (unpaired) electrons. The maximum Gasteiger partial charge on any atom is 0.358 e. The lowest BCUT2D eigenvalue weighted by molar-refractivity contribution is 0.0519. The fraction of sp³-hybridized carbons (Fsp3) is 0.333. The van der Waals surface area contributed by atoms with E-state index in [1.807, 2.05) is 0 Å². The van der Waals surface area contributed by atoms with Crippen molar-refractivity contribution in [3.05, 3.63) is 40.4 Å². The van der Waals surface area contributed by atoms with Crippen molar-refractivity contribution in [3.63, 3.8) is 0 Å². The number of anilines is 1. The molecule has 2 rings (SSSR count). The predicted octanol–water partition coefficient (Wildman–Crippen LogP) is 3.60. The minimum absolute atomic E-state index is 0.332. The summed E-state index contributed by atoms with van der Waals surface area (Å²) in [4.78, 5) is 18.1. The molecule has 6 heteroatoms. The lowest BCUT2D eigenvalue weighted by Crippen LogP contribution is -2.08. The number of nitrogens with zero attached hydrogens (tertiary/aromatic N) is 1. The molecule has 2 N–H and O–H groups in total. The van der Waals surface area contributed by atoms with Crippen LogP contribution in [0.4, 0.5) is 5.13 Å². The molecule has 0 aliphatic heterocycles. The third-order valence-electron chi connectivity index (χ3n) is 2.78. The third kappa shape index (κ3) is 4.22. The molecule has 0 spiro atoms. The number of hydrogen-bond donors (Lipinski definition) is 1. The summed E-state index contributed by atoms with van der Waals surface area (Å²) in [5, 5.41) is 0.395. The second kappa shape index (κ2) is 7.47. The zero-order valence-corrected chi connectivity index (χ0v) is 13.7. The van der Waals surface area contributed by atoms with Gasteiger partial charge in [0, 0.05) is 16.2 Å². The number of aromatic nitrogens is 1. The minimum atomic E-state index is -0.404. The average molecular weight is 322 g/mol. The first-order chi connectivity index (χ1) is 10.1. The molecule has 0 amide bonds. The van der Waals surface area contributed by atoms with E-state index in [1.165, 1.54) is 16.2 Å². The summed E-state index contributed by atoms with van der Waals surface area (Å²) in [5.74, 6) is 0.649. The number of benzene rings is 1. The van der Waals surface area contributed by atoms with Gasteiger partial charge in [-0.25, -0.2) is 9.78 Å². The second-order valence-electron chi connectivity index (χ2n) is 4.30. The van der Waals surface area contributed by atoms with Crippen LogP contribution in [0.5, 0.6) is 0 Å². The van der Waals surface area contributed by atoms with Crippen molar-refractivity contribution in [1.29, 1.82) is 0 Å². The molecule has 2 aromatic rings. The first-order valence-corrected chi connectivity index (χ1v) is 8.58. The molecule has 0 saturated carbocycles. The number of hydrogen-bond acceptors (Lipinski definition) is 6. The Balaban J connectivity index is 2.17. The average Bonchev–Trinajstić information content (AvgIpc) is 2.82. The van der Waals surface area contributed by atoms with Crippen molar-refractivity contribution in [2.75, 3.05) is 18.1 Å². The number of nitrogen functional groups attached to an aromatic ring is 1. The van der Waals surface area contributed by atoms with Gasteiger partial charge in [-0.1, -0.05) is 19.1 Å². The van der Waals surface area contributed by atoms with Gasteiger partial charge in [-0.2, -0.15) is 0 Å². The smallest absolute Gasteiger partial charge is 0.358 e. The Bertz CT molecular complexity index is 609. The number of rotatable bonds is 6. The highest BCUT2D eigenvalue weighted by Gasteiger charge is 2.18. The molecule has 0 atom stereocenters. The molecule has 1 aromatic carbocycles. The van der Waals surface area contributed by atoms with Crippen molar-refractivity contribution in [3.8, 4) is 0 Å². The van der Waals surface area contributed by atoms with E-state index in [-0.39, 0.29) is 0 Å². The van der Waals surface area contributed by atoms with E-state index in [1.54, 1.807) is 18.7 Å². The summed E-state index contributed by atoms with van der Waals surface area (Å²) >= 11 is 3.14. The lowest BCUT2D eigenvalue weighted by Gasteiger charge is -2.04. The minimum Gasteiger partial charge on any atom is -0.461 e. The summed E-state index contributed by atoms with van der Waals surface area (Å²) in [7, 11) is 0. The fourth-order valence-electron chi connectivity index (χ4n) is 1.90. The van der Waals surface area contributed by atoms with Gasteiger partial charge in [0.05, 0.1) is 6.61 Å². The van der Waals surface area contributed by atoms with Gasteiger partial charge < -0.3 is 10.5 Å². The zero-order chi connectivity index (χ0) is 15.2. The molecule has 1 heterocycles. The van der Waals surface area contributed by atoms with Crippen molar-refractivity contribution in [1.82, 2.24) is 4.98 Å². The molecule has 0 saturated heterocycles. The second-order valence-corrected chi connectivity index (χ2v) is 6.75. The molecular formula is C15H18N2O2S2. The van der Waals surface area contributed by atoms with E-state index < -0.39 is 5.97 Å². The number of carbonyl (C=O) groups is 1. The molecule has 112 valence electrons. The lowest BCUT2D eigenvalue weighted by atomic mass is 10.1. The third-order valence-corrected chi connectivity index (χ3v) is 4.56. The Kier molecular flexibility index (Phi) is 5.64. The summed E-state index contributed by atoms with van der Waals surface area (Å²) in [5.41, 5.74) is 7.20. The summed E-state index contributed by atoms with van der Waals surface area (Å²) in [6, 6.07) is 8.33. The van der Waals surface area contributed by atoms with Crippen molar-refractivity contribution in [2.45, 2.75) is 25.2 Å². The maximum absolute atomic E-state index is 11.9. The van der Waals surface area contributed by atoms with Crippen molar-refractivity contribution in [2.24, 2.45) is 0 Å². The van der Waals surface area contributed by atoms with Gasteiger partial charge >= 0.3 is 5.97 Å². The number of nitrogens with two attached hydrogens (primary N) is 1. The van der Waals surface area contributed by atoms with Crippen molar-refractivity contribution < 1.29 is 9.53 Å². The van der Waals surface area contributed by atoms with Crippen LogP contribution in [0.3, 0.4) is 0 Å². The largest absolute Gasteiger partial charge is 0.461 e. The van der Waals surface area contributed by atoms with E-state index in [2.05, 4.69) is 36.2 Å². The molecule has 0 fully saturated rings. The van der Waals surface area contributed by atoms with Crippen LogP contribution >= 0.6 is 23.1 Å². The standard InChI is InChI=1S/C15H18N2O2S2/c1-3-19-14(18)13-12(21-15(16)17-13)9-10-5-7-11(8-6-10)20-4-2/h5-8H,3-4,9H2,1-2H3,(H2,16,17). The highest BCUT2D eigenvalue weighted by Crippen LogP contribution is 2.25. The molecular weight excluding hydrogens is 304 g/mol. The zero-order valence-electron chi connectivity index (χ0n) is 12.1. The Morgan fingerprint density at radius 3 is 2.67 bits per heavy atom. The van der Waals surface area contributed by atoms with Crippen LogP contribution in [0.15, 0.2) is 29.2 Å². The number of thiazole rings is 1. The maximum atomic E-state index is 11.9. The van der Waals surface area contributed by atoms with Gasteiger partial charge in [0.1, 0.15) is 0 Å². The van der Waals surface area contributed by atoms with Crippen LogP contribution in [0.25, 0.3) is 0 Å². The van der Waals surface area contributed by atoms with Crippen LogP contribution in [-0.4, -0.2) is 23.3 Å². The highest BCUT2D eigenvalue weighted by molar-refractivity contribution is 7.99. The number of carbonyl (C=O) groups excluding carboxylic acids is 1. The molecule has 21 heavy (non-hydrogen) atoms. The summed E-state index contributed by atoms with van der Waals surface area (Å²) < 4.78 is 5.02. The Hall–Kier alpha value is -1.53. The quantitative estimate of drug-likeness (QED) is 0.650. The number of thioether (sulfide) groups is 1. The van der Waals surface area contributed by atoms with Crippen molar-refractivity contribution >= 4 is 34.2 Å². The van der Waals surface area contributed by atoms with Gasteiger partial charge in [0.15, 0.2) is 10.8 Å². The Labute approximate surface area is 132 Å². The molecule has 0 aliphatic carbocycles. The van der Waals surface area contributed by atoms with Crippen LogP contribution in [0.2, 0.25) is 0 Å². The molecule has 0 bridgehead atoms. The first-order valence-electron chi connectivity index (χ1n) is 6.78. The number of ether oxygens (including phenoxy) is 1. The van der Waals surface area contributed by atoms with Gasteiger partial charge in [0.2, 0.25) is 0 Å². The monoisotopic (exact) mass is 322 g/mol. The predicted molar refractivity (Wildman–Crippen MR) is 88.1 cm³/mol. The molecule has 0 aliphatic rings. The van der Waals surface area contributed by atoms with E-state index in [0.29, 0.717) is 23.9 Å². The molecule has 4 nitrogen and oxygen atoms in total. The van der Waals surface area contributed by atoms with Gasteiger partial charge in [0.25, 0.3) is 0 Å². The molecule has 0 unspecified atom stereocenters. The van der Waals surface area contributed by atoms with Crippen LogP contribution in [-0.2, 0) is 11.2 Å². The Morgan fingerprint density at radius 1 is 1.33 bits per heavy atom. The molecule has 1 aromatic heterocycles.